The topological polar surface area (TPSA) is 149 Å². The second-order valence-corrected chi connectivity index (χ2v) is 15.8. The van der Waals surface area contributed by atoms with Crippen LogP contribution in [0.25, 0.3) is 0 Å². The fourth-order valence-corrected chi connectivity index (χ4v) is 5.97. The highest BCUT2D eigenvalue weighted by molar-refractivity contribution is 7.47. The van der Waals surface area contributed by atoms with Crippen LogP contribution in [0.1, 0.15) is 142 Å². The van der Waals surface area contributed by atoms with Crippen molar-refractivity contribution in [2.75, 3.05) is 26.4 Å². The molecule has 11 heteroatoms. The van der Waals surface area contributed by atoms with Crippen molar-refractivity contribution in [3.05, 3.63) is 122 Å². The van der Waals surface area contributed by atoms with E-state index >= 15 is 0 Å². The van der Waals surface area contributed by atoms with E-state index in [1.807, 2.05) is 12.2 Å². The van der Waals surface area contributed by atoms with Crippen LogP contribution in [0.3, 0.4) is 0 Å². The van der Waals surface area contributed by atoms with Gasteiger partial charge >= 0.3 is 19.8 Å². The van der Waals surface area contributed by atoms with Crippen LogP contribution in [0.4, 0.5) is 0 Å². The molecule has 0 spiro atoms. The van der Waals surface area contributed by atoms with Crippen molar-refractivity contribution in [2.45, 2.75) is 154 Å². The molecule has 3 unspecified atom stereocenters. The number of ether oxygens (including phenoxy) is 2. The van der Waals surface area contributed by atoms with Gasteiger partial charge in [-0.1, -0.05) is 155 Å². The SMILES string of the molecule is CCC=CCC=CCC=CCC=CCC=CCC=CCCC(=O)OCC(COP(=O)(O)OCC(O)CO)OC(=O)CCCCCC=CCC=CCC=CCC=CCCCCC. The molecule has 0 aliphatic heterocycles. The summed E-state index contributed by atoms with van der Waals surface area (Å²) in [5, 5.41) is 18.4. The van der Waals surface area contributed by atoms with Crippen molar-refractivity contribution in [2.24, 2.45) is 0 Å². The molecule has 0 radical (unpaired) electrons. The molecule has 61 heavy (non-hydrogen) atoms. The third-order valence-corrected chi connectivity index (χ3v) is 9.56. The maximum absolute atomic E-state index is 12.6. The highest BCUT2D eigenvalue weighted by Crippen LogP contribution is 2.43. The highest BCUT2D eigenvalue weighted by Gasteiger charge is 2.27. The van der Waals surface area contributed by atoms with Crippen LogP contribution in [-0.4, -0.2) is 65.7 Å². The minimum atomic E-state index is -4.66. The van der Waals surface area contributed by atoms with Crippen molar-refractivity contribution in [3.63, 3.8) is 0 Å². The van der Waals surface area contributed by atoms with E-state index in [1.165, 1.54) is 25.7 Å². The second kappa shape index (κ2) is 44.4. The van der Waals surface area contributed by atoms with Crippen LogP contribution in [0.15, 0.2) is 122 Å². The Morgan fingerprint density at radius 2 is 0.934 bits per heavy atom. The number of aliphatic hydroxyl groups is 2. The maximum atomic E-state index is 12.6. The molecule has 0 saturated carbocycles. The van der Waals surface area contributed by atoms with Gasteiger partial charge in [0.05, 0.1) is 19.8 Å². The van der Waals surface area contributed by atoms with E-state index in [4.69, 9.17) is 19.1 Å². The Hall–Kier alpha value is -3.63. The van der Waals surface area contributed by atoms with Crippen LogP contribution in [-0.2, 0) is 32.7 Å². The minimum Gasteiger partial charge on any atom is -0.462 e. The Bertz CT molecular complexity index is 1420. The van der Waals surface area contributed by atoms with Crippen LogP contribution in [0, 0.1) is 0 Å². The van der Waals surface area contributed by atoms with Gasteiger partial charge in [0.1, 0.15) is 12.7 Å². The summed E-state index contributed by atoms with van der Waals surface area (Å²) in [6, 6.07) is 0. The molecular weight excluding hydrogens is 792 g/mol. The van der Waals surface area contributed by atoms with E-state index in [0.717, 1.165) is 77.0 Å². The molecule has 0 heterocycles. The molecule has 0 aromatic rings. The first-order chi connectivity index (χ1) is 29.7. The molecule has 0 amide bonds. The average Bonchev–Trinajstić information content (AvgIpc) is 3.25. The van der Waals surface area contributed by atoms with Gasteiger partial charge in [0, 0.05) is 12.8 Å². The summed E-state index contributed by atoms with van der Waals surface area (Å²) in [5.74, 6) is -1.07. The molecule has 0 aliphatic carbocycles. The molecule has 3 atom stereocenters. The van der Waals surface area contributed by atoms with Crippen LogP contribution in [0.2, 0.25) is 0 Å². The van der Waals surface area contributed by atoms with Crippen LogP contribution in [0.5, 0.6) is 0 Å². The number of aliphatic hydroxyl groups excluding tert-OH is 2. The van der Waals surface area contributed by atoms with Gasteiger partial charge in [-0.25, -0.2) is 4.57 Å². The molecule has 0 aromatic carbocycles. The fourth-order valence-electron chi connectivity index (χ4n) is 5.18. The molecule has 344 valence electrons. The smallest absolute Gasteiger partial charge is 0.462 e. The summed E-state index contributed by atoms with van der Waals surface area (Å²) in [4.78, 5) is 35.0. The number of hydrogen-bond acceptors (Lipinski definition) is 9. The number of esters is 2. The number of carbonyl (C=O) groups is 2. The first-order valence-corrected chi connectivity index (χ1v) is 24.0. The summed E-state index contributed by atoms with van der Waals surface area (Å²) >= 11 is 0. The van der Waals surface area contributed by atoms with Crippen LogP contribution >= 0.6 is 7.82 Å². The Morgan fingerprint density at radius 1 is 0.508 bits per heavy atom. The molecular formula is C50H79O10P. The van der Waals surface area contributed by atoms with Gasteiger partial charge in [-0.2, -0.15) is 0 Å². The van der Waals surface area contributed by atoms with Gasteiger partial charge in [-0.05, 0) is 96.3 Å². The van der Waals surface area contributed by atoms with E-state index < -0.39 is 51.8 Å². The normalized spacial score (nSPS) is 14.9. The maximum Gasteiger partial charge on any atom is 0.472 e. The molecule has 0 rings (SSSR count). The van der Waals surface area contributed by atoms with Gasteiger partial charge in [-0.15, -0.1) is 0 Å². The summed E-state index contributed by atoms with van der Waals surface area (Å²) in [5.41, 5.74) is 0. The lowest BCUT2D eigenvalue weighted by Gasteiger charge is -2.20. The lowest BCUT2D eigenvalue weighted by Crippen LogP contribution is -2.29. The van der Waals surface area contributed by atoms with E-state index in [1.54, 1.807) is 0 Å². The molecule has 0 fully saturated rings. The number of phosphoric acid groups is 1. The van der Waals surface area contributed by atoms with Gasteiger partial charge < -0.3 is 24.6 Å². The van der Waals surface area contributed by atoms with E-state index in [0.29, 0.717) is 12.8 Å². The number of carbonyl (C=O) groups excluding carboxylic acids is 2. The highest BCUT2D eigenvalue weighted by atomic mass is 31.2. The zero-order chi connectivity index (χ0) is 44.8. The Morgan fingerprint density at radius 3 is 1.39 bits per heavy atom. The minimum absolute atomic E-state index is 0.101. The zero-order valence-corrected chi connectivity index (χ0v) is 38.2. The summed E-state index contributed by atoms with van der Waals surface area (Å²) in [6.07, 6.45) is 57.5. The third kappa shape index (κ3) is 44.2. The third-order valence-electron chi connectivity index (χ3n) is 8.61. The van der Waals surface area contributed by atoms with E-state index in [-0.39, 0.29) is 19.4 Å². The van der Waals surface area contributed by atoms with Gasteiger partial charge in [0.15, 0.2) is 6.10 Å². The fraction of sp³-hybridized carbons (Fsp3) is 0.560. The first kappa shape index (κ1) is 57.4. The quantitative estimate of drug-likeness (QED) is 0.0235. The van der Waals surface area contributed by atoms with E-state index in [2.05, 4.69) is 128 Å². The van der Waals surface area contributed by atoms with Crippen molar-refractivity contribution >= 4 is 19.8 Å². The largest absolute Gasteiger partial charge is 0.472 e. The number of unbranched alkanes of at least 4 members (excludes halogenated alkanes) is 6. The second-order valence-electron chi connectivity index (χ2n) is 14.3. The molecule has 0 aromatic heterocycles. The summed E-state index contributed by atoms with van der Waals surface area (Å²) in [6.45, 7) is 2.09. The first-order valence-electron chi connectivity index (χ1n) is 22.5. The molecule has 10 nitrogen and oxygen atoms in total. The lowest BCUT2D eigenvalue weighted by molar-refractivity contribution is -0.161. The standard InChI is InChI=1S/C50H79O10P/c1-3-5-7-9-11-13-15-17-19-21-23-25-27-29-31-33-35-37-39-41-49(53)57-45-48(46-59-61(55,56)58-44-47(52)43-51)60-50(54)42-40-38-36-34-32-30-28-26-24-22-20-18-16-14-12-10-8-6-4-2/h5,7,11-14,17-20,23-26,29-32,35,37,47-48,51-52H,3-4,6,8-10,15-16,21-22,27-28,33-34,36,38-46H2,1-2H3,(H,55,56). The van der Waals surface area contributed by atoms with Crippen molar-refractivity contribution in [1.29, 1.82) is 0 Å². The van der Waals surface area contributed by atoms with Gasteiger partial charge in [-0.3, -0.25) is 18.6 Å². The Balaban J connectivity index is 4.49. The van der Waals surface area contributed by atoms with Crippen LogP contribution < -0.4 is 0 Å². The molecule has 0 saturated heterocycles. The lowest BCUT2D eigenvalue weighted by atomic mass is 10.1. The van der Waals surface area contributed by atoms with Crippen molar-refractivity contribution in [1.82, 2.24) is 0 Å². The Labute approximate surface area is 368 Å². The predicted octanol–water partition coefficient (Wildman–Crippen LogP) is 12.3. The molecule has 0 bridgehead atoms. The number of rotatable bonds is 40. The summed E-state index contributed by atoms with van der Waals surface area (Å²) < 4.78 is 32.6. The summed E-state index contributed by atoms with van der Waals surface area (Å²) in [7, 11) is -4.66. The average molecular weight is 871 g/mol. The van der Waals surface area contributed by atoms with E-state index in [9.17, 15) is 24.2 Å². The number of allylic oxidation sites excluding steroid dienone is 20. The van der Waals surface area contributed by atoms with Crippen molar-refractivity contribution in [3.8, 4) is 0 Å². The molecule has 0 aliphatic rings. The molecule has 3 N–H and O–H groups in total. The zero-order valence-electron chi connectivity index (χ0n) is 37.3. The predicted molar refractivity (Wildman–Crippen MR) is 251 cm³/mol. The monoisotopic (exact) mass is 871 g/mol. The number of hydrogen-bond donors (Lipinski definition) is 3. The van der Waals surface area contributed by atoms with Gasteiger partial charge in [0.2, 0.25) is 0 Å². The Kier molecular flexibility index (Phi) is 41.8. The number of phosphoric ester groups is 1. The van der Waals surface area contributed by atoms with Gasteiger partial charge in [0.25, 0.3) is 0 Å². The van der Waals surface area contributed by atoms with Crippen molar-refractivity contribution < 1.29 is 47.8 Å².